The summed E-state index contributed by atoms with van der Waals surface area (Å²) in [5.41, 5.74) is 6.37. The van der Waals surface area contributed by atoms with Crippen LogP contribution in [0.2, 0.25) is 0 Å². The molecule has 0 radical (unpaired) electrons. The highest BCUT2D eigenvalue weighted by atomic mass is 16.5. The van der Waals surface area contributed by atoms with Gasteiger partial charge in [-0.25, -0.2) is 4.79 Å². The van der Waals surface area contributed by atoms with Gasteiger partial charge in [0.05, 0.1) is 5.56 Å². The predicted octanol–water partition coefficient (Wildman–Crippen LogP) is 2.99. The van der Waals surface area contributed by atoms with Gasteiger partial charge in [0.1, 0.15) is 0 Å². The lowest BCUT2D eigenvalue weighted by molar-refractivity contribution is -0.129. The van der Waals surface area contributed by atoms with Crippen molar-refractivity contribution in [3.63, 3.8) is 0 Å². The fraction of sp³-hybridized carbons (Fsp3) is 0.286. The number of hydrogen-bond acceptors (Lipinski definition) is 4. The third-order valence-electron chi connectivity index (χ3n) is 3.97. The van der Waals surface area contributed by atoms with Crippen LogP contribution in [0, 0.1) is 0 Å². The average Bonchev–Trinajstić information content (AvgIpc) is 2.65. The first-order valence-electron chi connectivity index (χ1n) is 8.65. The summed E-state index contributed by atoms with van der Waals surface area (Å²) in [6.07, 6.45) is -1.06. The minimum absolute atomic E-state index is 0.0213. The van der Waals surface area contributed by atoms with Gasteiger partial charge in [-0.2, -0.15) is 0 Å². The molecule has 0 heterocycles. The number of hydrazine groups is 1. The Hall–Kier alpha value is -3.15. The summed E-state index contributed by atoms with van der Waals surface area (Å²) in [6, 6.07) is 15.5. The largest absolute Gasteiger partial charge is 0.449 e. The zero-order valence-electron chi connectivity index (χ0n) is 15.9. The smallest absolute Gasteiger partial charge is 0.338 e. The molecule has 2 aromatic rings. The van der Waals surface area contributed by atoms with Gasteiger partial charge < -0.3 is 4.74 Å². The molecule has 1 atom stereocenters. The van der Waals surface area contributed by atoms with Crippen molar-refractivity contribution in [3.05, 3.63) is 71.3 Å². The number of esters is 1. The lowest BCUT2D eigenvalue weighted by atomic mass is 9.87. The molecule has 142 valence electrons. The van der Waals surface area contributed by atoms with E-state index < -0.39 is 23.9 Å². The lowest BCUT2D eigenvalue weighted by Crippen LogP contribution is -2.46. The molecule has 27 heavy (non-hydrogen) atoms. The summed E-state index contributed by atoms with van der Waals surface area (Å²) in [4.78, 5) is 36.1. The quantitative estimate of drug-likeness (QED) is 0.642. The first-order valence-corrected chi connectivity index (χ1v) is 8.65. The molecule has 0 fully saturated rings. The molecule has 6 heteroatoms. The van der Waals surface area contributed by atoms with Gasteiger partial charge >= 0.3 is 5.97 Å². The van der Waals surface area contributed by atoms with Crippen LogP contribution in [-0.2, 0) is 14.9 Å². The van der Waals surface area contributed by atoms with Gasteiger partial charge in [0.25, 0.3) is 11.8 Å². The third kappa shape index (κ3) is 5.67. The molecule has 0 aliphatic carbocycles. The zero-order chi connectivity index (χ0) is 20.0. The van der Waals surface area contributed by atoms with Crippen LogP contribution in [0.25, 0.3) is 0 Å². The SMILES string of the molecule is C[C@H](OC(=O)c1ccc(C(C)(C)C)cc1)C(=O)NNC(=O)c1ccccc1. The highest BCUT2D eigenvalue weighted by Gasteiger charge is 2.20. The number of nitrogens with one attached hydrogen (secondary N) is 2. The Balaban J connectivity index is 1.88. The summed E-state index contributed by atoms with van der Waals surface area (Å²) in [7, 11) is 0. The van der Waals surface area contributed by atoms with Crippen LogP contribution in [-0.4, -0.2) is 23.9 Å². The fourth-order valence-electron chi connectivity index (χ4n) is 2.27. The first kappa shape index (κ1) is 20.2. The second kappa shape index (κ2) is 8.49. The third-order valence-corrected chi connectivity index (χ3v) is 3.97. The molecule has 0 aromatic heterocycles. The van der Waals surface area contributed by atoms with Crippen LogP contribution in [0.4, 0.5) is 0 Å². The van der Waals surface area contributed by atoms with Crippen LogP contribution in [0.3, 0.4) is 0 Å². The maximum absolute atomic E-state index is 12.2. The number of benzene rings is 2. The van der Waals surface area contributed by atoms with Crippen molar-refractivity contribution >= 4 is 17.8 Å². The number of hydrogen-bond donors (Lipinski definition) is 2. The monoisotopic (exact) mass is 368 g/mol. The Morgan fingerprint density at radius 3 is 2.00 bits per heavy atom. The minimum Gasteiger partial charge on any atom is -0.449 e. The minimum atomic E-state index is -1.06. The molecular formula is C21H24N2O4. The van der Waals surface area contributed by atoms with Crippen molar-refractivity contribution in [3.8, 4) is 0 Å². The molecule has 0 aliphatic heterocycles. The van der Waals surface area contributed by atoms with Crippen molar-refractivity contribution in [2.24, 2.45) is 0 Å². The Bertz CT molecular complexity index is 808. The standard InChI is InChI=1S/C21H24N2O4/c1-14(18(24)22-23-19(25)15-8-6-5-7-9-15)27-20(26)16-10-12-17(13-11-16)21(2,3)4/h5-14H,1-4H3,(H,22,24)(H,23,25)/t14-/m0/s1. The summed E-state index contributed by atoms with van der Waals surface area (Å²) in [5.74, 6) is -1.69. The highest BCUT2D eigenvalue weighted by Crippen LogP contribution is 2.22. The molecule has 6 nitrogen and oxygen atoms in total. The Kier molecular flexibility index (Phi) is 6.34. The van der Waals surface area contributed by atoms with Crippen LogP contribution in [0.1, 0.15) is 54.0 Å². The van der Waals surface area contributed by atoms with E-state index in [9.17, 15) is 14.4 Å². The number of amides is 2. The van der Waals surface area contributed by atoms with E-state index in [2.05, 4.69) is 31.6 Å². The van der Waals surface area contributed by atoms with Crippen molar-refractivity contribution in [2.75, 3.05) is 0 Å². The number of ether oxygens (including phenoxy) is 1. The van der Waals surface area contributed by atoms with Crippen LogP contribution in [0.5, 0.6) is 0 Å². The van der Waals surface area contributed by atoms with Gasteiger partial charge in [0.15, 0.2) is 6.10 Å². The second-order valence-corrected chi connectivity index (χ2v) is 7.18. The second-order valence-electron chi connectivity index (χ2n) is 7.18. The summed E-state index contributed by atoms with van der Waals surface area (Å²) in [6.45, 7) is 7.68. The van der Waals surface area contributed by atoms with Crippen molar-refractivity contribution in [2.45, 2.75) is 39.2 Å². The van der Waals surface area contributed by atoms with Gasteiger partial charge in [-0.3, -0.25) is 20.4 Å². The molecule has 0 spiro atoms. The summed E-state index contributed by atoms with van der Waals surface area (Å²) >= 11 is 0. The van der Waals surface area contributed by atoms with Crippen molar-refractivity contribution in [1.82, 2.24) is 10.9 Å². The van der Waals surface area contributed by atoms with E-state index in [1.807, 2.05) is 12.1 Å². The van der Waals surface area contributed by atoms with E-state index >= 15 is 0 Å². The summed E-state index contributed by atoms with van der Waals surface area (Å²) < 4.78 is 5.16. The molecule has 0 unspecified atom stereocenters. The maximum atomic E-state index is 12.2. The molecule has 2 rings (SSSR count). The van der Waals surface area contributed by atoms with Gasteiger partial charge in [-0.15, -0.1) is 0 Å². The molecule has 0 bridgehead atoms. The summed E-state index contributed by atoms with van der Waals surface area (Å²) in [5, 5.41) is 0. The zero-order valence-corrected chi connectivity index (χ0v) is 15.9. The number of rotatable bonds is 4. The van der Waals surface area contributed by atoms with E-state index in [0.717, 1.165) is 5.56 Å². The van der Waals surface area contributed by atoms with Gasteiger partial charge in [0.2, 0.25) is 0 Å². The van der Waals surface area contributed by atoms with Crippen LogP contribution in [0.15, 0.2) is 54.6 Å². The molecule has 2 N–H and O–H groups in total. The molecule has 2 amide bonds. The molecule has 0 saturated heterocycles. The maximum Gasteiger partial charge on any atom is 0.338 e. The van der Waals surface area contributed by atoms with E-state index in [1.165, 1.54) is 6.92 Å². The topological polar surface area (TPSA) is 84.5 Å². The Morgan fingerprint density at radius 1 is 0.852 bits per heavy atom. The number of carbonyl (C=O) groups excluding carboxylic acids is 3. The molecule has 0 aliphatic rings. The van der Waals surface area contributed by atoms with E-state index in [0.29, 0.717) is 11.1 Å². The van der Waals surface area contributed by atoms with E-state index in [4.69, 9.17) is 4.74 Å². The normalized spacial score (nSPS) is 12.0. The fourth-order valence-corrected chi connectivity index (χ4v) is 2.27. The average molecular weight is 368 g/mol. The number of carbonyl (C=O) groups is 3. The van der Waals surface area contributed by atoms with Crippen LogP contribution < -0.4 is 10.9 Å². The predicted molar refractivity (Wildman–Crippen MR) is 102 cm³/mol. The molecule has 2 aromatic carbocycles. The molecular weight excluding hydrogens is 344 g/mol. The van der Waals surface area contributed by atoms with Crippen LogP contribution >= 0.6 is 0 Å². The van der Waals surface area contributed by atoms with Gasteiger partial charge in [0, 0.05) is 5.56 Å². The van der Waals surface area contributed by atoms with E-state index in [-0.39, 0.29) is 5.41 Å². The van der Waals surface area contributed by atoms with Gasteiger partial charge in [-0.1, -0.05) is 51.1 Å². The lowest BCUT2D eigenvalue weighted by Gasteiger charge is -2.19. The van der Waals surface area contributed by atoms with E-state index in [1.54, 1.807) is 42.5 Å². The molecule has 0 saturated carbocycles. The highest BCUT2D eigenvalue weighted by molar-refractivity contribution is 5.96. The first-order chi connectivity index (χ1) is 12.7. The van der Waals surface area contributed by atoms with Crippen molar-refractivity contribution in [1.29, 1.82) is 0 Å². The van der Waals surface area contributed by atoms with Gasteiger partial charge in [-0.05, 0) is 42.2 Å². The van der Waals surface area contributed by atoms with Crippen molar-refractivity contribution < 1.29 is 19.1 Å². The Labute approximate surface area is 158 Å². The Morgan fingerprint density at radius 2 is 1.44 bits per heavy atom.